The van der Waals surface area contributed by atoms with Crippen LogP contribution in [0, 0.1) is 5.92 Å². The molecule has 0 spiro atoms. The minimum Gasteiger partial charge on any atom is -0.494 e. The maximum atomic E-state index is 12.9. The molecule has 176 valence electrons. The SMILES string of the molecule is CCOc1ccc(CCC2CCN(C(=O)Cn3cnc4c3c(=O)n(C)c(=O)n4C)CC2)cc1. The average Bonchev–Trinajstić information content (AvgIpc) is 3.25. The Morgan fingerprint density at radius 1 is 1.09 bits per heavy atom. The zero-order valence-corrected chi connectivity index (χ0v) is 19.5. The van der Waals surface area contributed by atoms with Gasteiger partial charge in [-0.2, -0.15) is 0 Å². The summed E-state index contributed by atoms with van der Waals surface area (Å²) < 4.78 is 9.42. The molecule has 3 aromatic rings. The number of aromatic nitrogens is 4. The summed E-state index contributed by atoms with van der Waals surface area (Å²) in [6.45, 7) is 4.13. The van der Waals surface area contributed by atoms with Crippen molar-refractivity contribution >= 4 is 17.1 Å². The van der Waals surface area contributed by atoms with Crippen molar-refractivity contribution in [2.45, 2.75) is 39.2 Å². The number of ether oxygens (including phenoxy) is 1. The van der Waals surface area contributed by atoms with Crippen LogP contribution in [0.5, 0.6) is 5.75 Å². The Labute approximate surface area is 192 Å². The molecule has 9 heteroatoms. The minimum atomic E-state index is -0.439. The summed E-state index contributed by atoms with van der Waals surface area (Å²) in [4.78, 5) is 43.7. The number of rotatable bonds is 7. The van der Waals surface area contributed by atoms with Crippen molar-refractivity contribution in [3.8, 4) is 5.75 Å². The summed E-state index contributed by atoms with van der Waals surface area (Å²) in [6.07, 6.45) is 5.54. The first kappa shape index (κ1) is 22.8. The van der Waals surface area contributed by atoms with Crippen LogP contribution in [0.4, 0.5) is 0 Å². The van der Waals surface area contributed by atoms with Gasteiger partial charge in [0.05, 0.1) is 12.9 Å². The second-order valence-corrected chi connectivity index (χ2v) is 8.69. The highest BCUT2D eigenvalue weighted by Gasteiger charge is 2.24. The second-order valence-electron chi connectivity index (χ2n) is 8.69. The third kappa shape index (κ3) is 4.72. The van der Waals surface area contributed by atoms with Crippen molar-refractivity contribution in [1.29, 1.82) is 0 Å². The number of fused-ring (bicyclic) bond motifs is 1. The van der Waals surface area contributed by atoms with E-state index in [1.807, 2.05) is 24.0 Å². The molecular formula is C24H31N5O4. The lowest BCUT2D eigenvalue weighted by atomic mass is 9.90. The van der Waals surface area contributed by atoms with E-state index in [4.69, 9.17) is 4.74 Å². The van der Waals surface area contributed by atoms with Crippen molar-refractivity contribution in [1.82, 2.24) is 23.6 Å². The third-order valence-corrected chi connectivity index (χ3v) is 6.57. The molecule has 4 rings (SSSR count). The summed E-state index contributed by atoms with van der Waals surface area (Å²) in [5.41, 5.74) is 1.00. The van der Waals surface area contributed by atoms with Gasteiger partial charge in [0.15, 0.2) is 11.2 Å². The number of imidazole rings is 1. The zero-order valence-electron chi connectivity index (χ0n) is 19.5. The van der Waals surface area contributed by atoms with Crippen molar-refractivity contribution in [3.05, 3.63) is 57.0 Å². The van der Waals surface area contributed by atoms with Crippen LogP contribution in [0.25, 0.3) is 11.2 Å². The second kappa shape index (κ2) is 9.64. The smallest absolute Gasteiger partial charge is 0.332 e. The summed E-state index contributed by atoms with van der Waals surface area (Å²) in [5.74, 6) is 1.46. The average molecular weight is 454 g/mol. The highest BCUT2D eigenvalue weighted by Crippen LogP contribution is 2.23. The van der Waals surface area contributed by atoms with Crippen LogP contribution >= 0.6 is 0 Å². The number of hydrogen-bond donors (Lipinski definition) is 0. The molecule has 2 aromatic heterocycles. The fourth-order valence-corrected chi connectivity index (χ4v) is 4.52. The molecule has 1 fully saturated rings. The normalized spacial score (nSPS) is 14.7. The van der Waals surface area contributed by atoms with Crippen molar-refractivity contribution in [2.24, 2.45) is 20.0 Å². The Kier molecular flexibility index (Phi) is 6.67. The number of likely N-dealkylation sites (tertiary alicyclic amines) is 1. The van der Waals surface area contributed by atoms with Gasteiger partial charge in [-0.1, -0.05) is 12.1 Å². The molecule has 0 aliphatic carbocycles. The van der Waals surface area contributed by atoms with Gasteiger partial charge < -0.3 is 14.2 Å². The highest BCUT2D eigenvalue weighted by atomic mass is 16.5. The first-order valence-corrected chi connectivity index (χ1v) is 11.5. The molecule has 3 heterocycles. The Morgan fingerprint density at radius 2 is 1.79 bits per heavy atom. The quantitative estimate of drug-likeness (QED) is 0.543. The van der Waals surface area contributed by atoms with Crippen molar-refractivity contribution in [2.75, 3.05) is 19.7 Å². The molecule has 1 saturated heterocycles. The van der Waals surface area contributed by atoms with Crippen LogP contribution in [-0.2, 0) is 31.9 Å². The fourth-order valence-electron chi connectivity index (χ4n) is 4.52. The van der Waals surface area contributed by atoms with Gasteiger partial charge in [-0.25, -0.2) is 9.78 Å². The van der Waals surface area contributed by atoms with Crippen LogP contribution in [0.3, 0.4) is 0 Å². The molecule has 1 aromatic carbocycles. The third-order valence-electron chi connectivity index (χ3n) is 6.57. The lowest BCUT2D eigenvalue weighted by Gasteiger charge is -2.32. The summed E-state index contributed by atoms with van der Waals surface area (Å²) in [7, 11) is 3.00. The zero-order chi connectivity index (χ0) is 23.5. The Morgan fingerprint density at radius 3 is 2.45 bits per heavy atom. The molecule has 0 bridgehead atoms. The molecule has 1 amide bonds. The molecular weight excluding hydrogens is 422 g/mol. The molecule has 1 aliphatic rings. The van der Waals surface area contributed by atoms with E-state index in [-0.39, 0.29) is 18.0 Å². The molecule has 1 aliphatic heterocycles. The lowest BCUT2D eigenvalue weighted by molar-refractivity contribution is -0.133. The Bertz CT molecular complexity index is 1250. The van der Waals surface area contributed by atoms with E-state index < -0.39 is 11.2 Å². The van der Waals surface area contributed by atoms with Gasteiger partial charge in [-0.05, 0) is 56.2 Å². The number of benzene rings is 1. The van der Waals surface area contributed by atoms with E-state index in [2.05, 4.69) is 17.1 Å². The Hall–Kier alpha value is -3.36. The van der Waals surface area contributed by atoms with Gasteiger partial charge in [-0.3, -0.25) is 18.7 Å². The standard InChI is InChI=1S/C24H31N5O4/c1-4-33-19-9-7-17(8-10-19)5-6-18-11-13-28(14-12-18)20(30)15-29-16-25-22-21(29)23(31)27(3)24(32)26(22)2/h7-10,16,18H,4-6,11-15H2,1-3H3. The number of amides is 1. The summed E-state index contributed by atoms with van der Waals surface area (Å²) in [5, 5.41) is 0. The van der Waals surface area contributed by atoms with E-state index in [1.165, 1.54) is 23.5 Å². The highest BCUT2D eigenvalue weighted by molar-refractivity contribution is 5.79. The first-order chi connectivity index (χ1) is 15.9. The van der Waals surface area contributed by atoms with E-state index in [0.29, 0.717) is 18.2 Å². The van der Waals surface area contributed by atoms with Crippen LogP contribution in [0.15, 0.2) is 40.2 Å². The Balaban J connectivity index is 1.33. The minimum absolute atomic E-state index is 0.0323. The maximum absolute atomic E-state index is 12.9. The number of aryl methyl sites for hydroxylation is 2. The van der Waals surface area contributed by atoms with Gasteiger partial charge >= 0.3 is 5.69 Å². The predicted octanol–water partition coefficient (Wildman–Crippen LogP) is 1.70. The maximum Gasteiger partial charge on any atom is 0.332 e. The van der Waals surface area contributed by atoms with E-state index in [1.54, 1.807) is 11.6 Å². The number of hydrogen-bond acceptors (Lipinski definition) is 5. The van der Waals surface area contributed by atoms with Gasteiger partial charge in [-0.15, -0.1) is 0 Å². The number of piperidine rings is 1. The topological polar surface area (TPSA) is 91.4 Å². The van der Waals surface area contributed by atoms with Crippen molar-refractivity contribution in [3.63, 3.8) is 0 Å². The van der Waals surface area contributed by atoms with Crippen LogP contribution < -0.4 is 16.0 Å². The first-order valence-electron chi connectivity index (χ1n) is 11.5. The largest absolute Gasteiger partial charge is 0.494 e. The van der Waals surface area contributed by atoms with E-state index in [0.717, 1.165) is 49.1 Å². The van der Waals surface area contributed by atoms with Crippen LogP contribution in [0.1, 0.15) is 31.7 Å². The lowest BCUT2D eigenvalue weighted by Crippen LogP contribution is -2.41. The molecule has 0 atom stereocenters. The molecule has 0 unspecified atom stereocenters. The van der Waals surface area contributed by atoms with E-state index >= 15 is 0 Å². The van der Waals surface area contributed by atoms with Gasteiger partial charge in [0, 0.05) is 27.2 Å². The number of carbonyl (C=O) groups is 1. The molecule has 0 N–H and O–H groups in total. The molecule has 33 heavy (non-hydrogen) atoms. The van der Waals surface area contributed by atoms with Gasteiger partial charge in [0.2, 0.25) is 5.91 Å². The van der Waals surface area contributed by atoms with Crippen LogP contribution in [-0.4, -0.2) is 49.2 Å². The molecule has 9 nitrogen and oxygen atoms in total. The summed E-state index contributed by atoms with van der Waals surface area (Å²) >= 11 is 0. The monoisotopic (exact) mass is 453 g/mol. The summed E-state index contributed by atoms with van der Waals surface area (Å²) in [6, 6.07) is 8.29. The van der Waals surface area contributed by atoms with Gasteiger partial charge in [0.25, 0.3) is 5.56 Å². The van der Waals surface area contributed by atoms with E-state index in [9.17, 15) is 14.4 Å². The molecule has 0 radical (unpaired) electrons. The van der Waals surface area contributed by atoms with Gasteiger partial charge in [0.1, 0.15) is 12.3 Å². The predicted molar refractivity (Wildman–Crippen MR) is 125 cm³/mol. The number of nitrogens with zero attached hydrogens (tertiary/aromatic N) is 5. The van der Waals surface area contributed by atoms with Crippen molar-refractivity contribution < 1.29 is 9.53 Å². The van der Waals surface area contributed by atoms with Crippen LogP contribution in [0.2, 0.25) is 0 Å². The number of carbonyl (C=O) groups excluding carboxylic acids is 1. The molecule has 0 saturated carbocycles. The fraction of sp³-hybridized carbons (Fsp3) is 0.500.